The Bertz CT molecular complexity index is 112. The average molecular weight is 144 g/mol. The molecule has 0 rings (SSSR count). The fourth-order valence-electron chi connectivity index (χ4n) is 0.755. The number of hydrogen-bond acceptors (Lipinski definition) is 3. The molecule has 0 aliphatic heterocycles. The lowest BCUT2D eigenvalue weighted by molar-refractivity contribution is -0.308. The van der Waals surface area contributed by atoms with E-state index in [4.69, 9.17) is 0 Å². The molecule has 0 radical (unpaired) electrons. The minimum Gasteiger partial charge on any atom is -0.548 e. The molecule has 1 atom stereocenters. The maximum atomic E-state index is 10.3. The third-order valence-corrected chi connectivity index (χ3v) is 1.23. The molecule has 0 amide bonds. The lowest BCUT2D eigenvalue weighted by atomic mass is 10.2. The van der Waals surface area contributed by atoms with Crippen molar-refractivity contribution in [1.82, 2.24) is 5.32 Å². The van der Waals surface area contributed by atoms with E-state index in [1.165, 1.54) is 0 Å². The van der Waals surface area contributed by atoms with Gasteiger partial charge in [-0.3, -0.25) is 0 Å². The highest BCUT2D eigenvalue weighted by atomic mass is 16.4. The summed E-state index contributed by atoms with van der Waals surface area (Å²) in [6.45, 7) is 5.63. The van der Waals surface area contributed by atoms with Crippen molar-refractivity contribution in [2.45, 2.75) is 39.3 Å². The van der Waals surface area contributed by atoms with Crippen molar-refractivity contribution in [3.8, 4) is 0 Å². The van der Waals surface area contributed by atoms with Crippen LogP contribution in [0.25, 0.3) is 0 Å². The number of aliphatic carboxylic acids is 1. The maximum absolute atomic E-state index is 10.3. The second-order valence-corrected chi connectivity index (χ2v) is 2.60. The second kappa shape index (κ2) is 4.28. The van der Waals surface area contributed by atoms with Crippen molar-refractivity contribution in [3.63, 3.8) is 0 Å². The molecule has 0 heterocycles. The molecule has 1 unspecified atom stereocenters. The van der Waals surface area contributed by atoms with Gasteiger partial charge in [-0.2, -0.15) is 0 Å². The van der Waals surface area contributed by atoms with Crippen LogP contribution in [0.2, 0.25) is 0 Å². The summed E-state index contributed by atoms with van der Waals surface area (Å²) in [5.41, 5.74) is 0. The Kier molecular flexibility index (Phi) is 4.03. The standard InChI is InChI=1S/C7H15NO2/c1-4-6(7(9)10)8-5(2)3/h5-6,8H,4H2,1-3H3,(H,9,10)/p-1. The smallest absolute Gasteiger partial charge is 0.0584 e. The second-order valence-electron chi connectivity index (χ2n) is 2.60. The Morgan fingerprint density at radius 1 is 1.60 bits per heavy atom. The highest BCUT2D eigenvalue weighted by molar-refractivity contribution is 5.71. The van der Waals surface area contributed by atoms with E-state index in [0.29, 0.717) is 6.42 Å². The number of carboxylic acids is 1. The number of carbonyl (C=O) groups excluding carboxylic acids is 1. The third-order valence-electron chi connectivity index (χ3n) is 1.23. The fourth-order valence-corrected chi connectivity index (χ4v) is 0.755. The van der Waals surface area contributed by atoms with E-state index >= 15 is 0 Å². The van der Waals surface area contributed by atoms with Crippen molar-refractivity contribution in [1.29, 1.82) is 0 Å². The Labute approximate surface area is 61.4 Å². The molecule has 0 saturated carbocycles. The quantitative estimate of drug-likeness (QED) is 0.579. The molecular weight excluding hydrogens is 130 g/mol. The molecule has 0 aromatic rings. The first-order valence-corrected chi connectivity index (χ1v) is 3.54. The van der Waals surface area contributed by atoms with Gasteiger partial charge in [-0.1, -0.05) is 20.8 Å². The van der Waals surface area contributed by atoms with Crippen LogP contribution in [-0.4, -0.2) is 18.1 Å². The van der Waals surface area contributed by atoms with Gasteiger partial charge in [-0.15, -0.1) is 0 Å². The number of carbonyl (C=O) groups is 1. The molecule has 1 N–H and O–H groups in total. The zero-order valence-electron chi connectivity index (χ0n) is 6.68. The molecule has 0 spiro atoms. The van der Waals surface area contributed by atoms with E-state index in [9.17, 15) is 9.90 Å². The topological polar surface area (TPSA) is 52.2 Å². The van der Waals surface area contributed by atoms with Gasteiger partial charge in [0.15, 0.2) is 0 Å². The molecule has 0 aromatic heterocycles. The summed E-state index contributed by atoms with van der Waals surface area (Å²) in [6, 6.07) is -0.303. The molecule has 0 fully saturated rings. The molecular formula is C7H14NO2-. The first-order chi connectivity index (χ1) is 4.57. The number of nitrogens with one attached hydrogen (secondary N) is 1. The summed E-state index contributed by atoms with van der Waals surface area (Å²) < 4.78 is 0. The summed E-state index contributed by atoms with van der Waals surface area (Å²) >= 11 is 0. The van der Waals surface area contributed by atoms with Gasteiger partial charge in [0.05, 0.1) is 5.97 Å². The van der Waals surface area contributed by atoms with Gasteiger partial charge >= 0.3 is 0 Å². The Morgan fingerprint density at radius 2 is 2.10 bits per heavy atom. The largest absolute Gasteiger partial charge is 0.548 e. The normalized spacial score (nSPS) is 13.6. The summed E-state index contributed by atoms with van der Waals surface area (Å²) in [7, 11) is 0. The lowest BCUT2D eigenvalue weighted by Gasteiger charge is -2.20. The first-order valence-electron chi connectivity index (χ1n) is 3.54. The number of rotatable bonds is 4. The zero-order valence-corrected chi connectivity index (χ0v) is 6.68. The number of carboxylic acid groups (broad SMARTS) is 1. The van der Waals surface area contributed by atoms with Crippen molar-refractivity contribution >= 4 is 5.97 Å². The first kappa shape index (κ1) is 9.43. The molecule has 60 valence electrons. The van der Waals surface area contributed by atoms with Gasteiger partial charge in [-0.05, 0) is 6.42 Å². The van der Waals surface area contributed by atoms with Crippen LogP contribution < -0.4 is 10.4 Å². The molecule has 3 nitrogen and oxygen atoms in total. The van der Waals surface area contributed by atoms with Crippen molar-refractivity contribution in [2.75, 3.05) is 0 Å². The van der Waals surface area contributed by atoms with Crippen LogP contribution in [0.3, 0.4) is 0 Å². The molecule has 0 aliphatic carbocycles. The molecule has 0 bridgehead atoms. The maximum Gasteiger partial charge on any atom is 0.0584 e. The van der Waals surface area contributed by atoms with E-state index < -0.39 is 12.0 Å². The summed E-state index contributed by atoms with van der Waals surface area (Å²) in [6.07, 6.45) is 0.570. The Hall–Kier alpha value is -0.570. The zero-order chi connectivity index (χ0) is 8.15. The van der Waals surface area contributed by atoms with Crippen LogP contribution in [0, 0.1) is 0 Å². The van der Waals surface area contributed by atoms with Crippen molar-refractivity contribution < 1.29 is 9.90 Å². The van der Waals surface area contributed by atoms with Crippen molar-refractivity contribution in [3.05, 3.63) is 0 Å². The van der Waals surface area contributed by atoms with Gasteiger partial charge in [0.2, 0.25) is 0 Å². The fraction of sp³-hybridized carbons (Fsp3) is 0.857. The molecule has 0 saturated heterocycles. The molecule has 3 heteroatoms. The highest BCUT2D eigenvalue weighted by Gasteiger charge is 2.06. The van der Waals surface area contributed by atoms with E-state index in [2.05, 4.69) is 5.32 Å². The molecule has 10 heavy (non-hydrogen) atoms. The van der Waals surface area contributed by atoms with Gasteiger partial charge in [-0.25, -0.2) is 0 Å². The summed E-state index contributed by atoms with van der Waals surface area (Å²) in [5.74, 6) is -1.02. The minimum absolute atomic E-state index is 0.197. The van der Waals surface area contributed by atoms with Crippen LogP contribution in [0.4, 0.5) is 0 Å². The van der Waals surface area contributed by atoms with Gasteiger partial charge in [0, 0.05) is 12.1 Å². The summed E-state index contributed by atoms with van der Waals surface area (Å²) in [4.78, 5) is 10.3. The molecule has 0 aliphatic rings. The van der Waals surface area contributed by atoms with Crippen LogP contribution in [-0.2, 0) is 4.79 Å². The molecule has 0 aromatic carbocycles. The van der Waals surface area contributed by atoms with Gasteiger partial charge < -0.3 is 15.2 Å². The van der Waals surface area contributed by atoms with Crippen LogP contribution >= 0.6 is 0 Å². The Balaban J connectivity index is 3.72. The highest BCUT2D eigenvalue weighted by Crippen LogP contribution is 1.90. The van der Waals surface area contributed by atoms with Gasteiger partial charge in [0.1, 0.15) is 0 Å². The predicted octanol–water partition coefficient (Wildman–Crippen LogP) is -0.487. The van der Waals surface area contributed by atoms with Gasteiger partial charge in [0.25, 0.3) is 0 Å². The van der Waals surface area contributed by atoms with Crippen LogP contribution in [0.15, 0.2) is 0 Å². The van der Waals surface area contributed by atoms with Crippen LogP contribution in [0.5, 0.6) is 0 Å². The number of hydrogen-bond donors (Lipinski definition) is 1. The Morgan fingerprint density at radius 3 is 2.20 bits per heavy atom. The monoisotopic (exact) mass is 144 g/mol. The third kappa shape index (κ3) is 3.45. The lowest BCUT2D eigenvalue weighted by Crippen LogP contribution is -2.47. The van der Waals surface area contributed by atoms with E-state index in [1.807, 2.05) is 20.8 Å². The van der Waals surface area contributed by atoms with E-state index in [0.717, 1.165) is 0 Å². The van der Waals surface area contributed by atoms with E-state index in [-0.39, 0.29) is 6.04 Å². The van der Waals surface area contributed by atoms with Crippen molar-refractivity contribution in [2.24, 2.45) is 0 Å². The SMILES string of the molecule is CCC(NC(C)C)C(=O)[O-]. The average Bonchev–Trinajstić information content (AvgIpc) is 1.81. The van der Waals surface area contributed by atoms with Crippen LogP contribution in [0.1, 0.15) is 27.2 Å². The predicted molar refractivity (Wildman–Crippen MR) is 37.4 cm³/mol. The summed E-state index contributed by atoms with van der Waals surface area (Å²) in [5, 5.41) is 13.2. The minimum atomic E-state index is -1.02. The van der Waals surface area contributed by atoms with E-state index in [1.54, 1.807) is 0 Å².